The maximum atomic E-state index is 13.1. The molecule has 4 rings (SSSR count). The van der Waals surface area contributed by atoms with Gasteiger partial charge in [-0.15, -0.1) is 0 Å². The average Bonchev–Trinajstić information content (AvgIpc) is 3.38. The monoisotopic (exact) mass is 358 g/mol. The first-order chi connectivity index (χ1) is 13.3. The van der Waals surface area contributed by atoms with E-state index in [0.717, 1.165) is 42.8 Å². The standard InChI is InChI=1S/C22H22N4O/c23-15-17-9-6-10-19-21(17)25-20(24-19)12-11-18(16-7-2-1-3-8-16)22(27)26-13-4-5-14-26/h1-3,6-10,18H,4-5,11-14H2,(H,24,25)/t18-/m0/s1. The molecule has 2 heterocycles. The Morgan fingerprint density at radius 1 is 1.15 bits per heavy atom. The van der Waals surface area contributed by atoms with Gasteiger partial charge in [-0.25, -0.2) is 4.98 Å². The van der Waals surface area contributed by atoms with Crippen LogP contribution in [0.25, 0.3) is 11.0 Å². The molecular weight excluding hydrogens is 336 g/mol. The van der Waals surface area contributed by atoms with Crippen LogP contribution in [0.4, 0.5) is 0 Å². The van der Waals surface area contributed by atoms with Gasteiger partial charge in [0.05, 0.1) is 17.0 Å². The van der Waals surface area contributed by atoms with Gasteiger partial charge in [0.15, 0.2) is 0 Å². The zero-order valence-corrected chi connectivity index (χ0v) is 15.2. The predicted molar refractivity (Wildman–Crippen MR) is 104 cm³/mol. The Balaban J connectivity index is 1.57. The molecule has 1 saturated heterocycles. The van der Waals surface area contributed by atoms with Crippen LogP contribution in [-0.4, -0.2) is 33.9 Å². The molecule has 1 aromatic heterocycles. The summed E-state index contributed by atoms with van der Waals surface area (Å²) in [4.78, 5) is 23.0. The molecule has 0 spiro atoms. The normalized spacial score (nSPS) is 15.0. The number of para-hydroxylation sites is 1. The quantitative estimate of drug-likeness (QED) is 0.754. The fraction of sp³-hybridized carbons (Fsp3) is 0.318. The second-order valence-corrected chi connectivity index (χ2v) is 7.03. The van der Waals surface area contributed by atoms with E-state index in [0.29, 0.717) is 23.9 Å². The van der Waals surface area contributed by atoms with Crippen molar-refractivity contribution in [2.75, 3.05) is 13.1 Å². The van der Waals surface area contributed by atoms with Crippen molar-refractivity contribution >= 4 is 16.9 Å². The van der Waals surface area contributed by atoms with Crippen LogP contribution >= 0.6 is 0 Å². The number of nitrogens with one attached hydrogen (secondary N) is 1. The molecule has 1 amide bonds. The van der Waals surface area contributed by atoms with Gasteiger partial charge in [-0.1, -0.05) is 36.4 Å². The molecule has 1 N–H and O–H groups in total. The minimum atomic E-state index is -0.159. The number of hydrogen-bond acceptors (Lipinski definition) is 3. The molecule has 3 aromatic rings. The molecule has 5 nitrogen and oxygen atoms in total. The van der Waals surface area contributed by atoms with Gasteiger partial charge >= 0.3 is 0 Å². The lowest BCUT2D eigenvalue weighted by Gasteiger charge is -2.23. The first-order valence-corrected chi connectivity index (χ1v) is 9.47. The summed E-state index contributed by atoms with van der Waals surface area (Å²) < 4.78 is 0. The van der Waals surface area contributed by atoms with Crippen LogP contribution in [0.3, 0.4) is 0 Å². The van der Waals surface area contributed by atoms with E-state index < -0.39 is 0 Å². The number of hydrogen-bond donors (Lipinski definition) is 1. The molecule has 27 heavy (non-hydrogen) atoms. The number of aryl methyl sites for hydroxylation is 1. The highest BCUT2D eigenvalue weighted by Crippen LogP contribution is 2.26. The number of nitrogens with zero attached hydrogens (tertiary/aromatic N) is 3. The lowest BCUT2D eigenvalue weighted by Crippen LogP contribution is -2.33. The molecule has 0 bridgehead atoms. The molecule has 0 saturated carbocycles. The molecule has 0 radical (unpaired) electrons. The molecule has 5 heteroatoms. The van der Waals surface area contributed by atoms with Crippen molar-refractivity contribution in [3.8, 4) is 6.07 Å². The Hall–Kier alpha value is -3.13. The van der Waals surface area contributed by atoms with Gasteiger partial charge in [-0.2, -0.15) is 5.26 Å². The van der Waals surface area contributed by atoms with Gasteiger partial charge in [0.1, 0.15) is 17.4 Å². The van der Waals surface area contributed by atoms with E-state index in [1.54, 1.807) is 6.07 Å². The van der Waals surface area contributed by atoms with Crippen molar-refractivity contribution in [3.63, 3.8) is 0 Å². The number of benzene rings is 2. The number of H-pyrrole nitrogens is 1. The van der Waals surface area contributed by atoms with Gasteiger partial charge in [0.2, 0.25) is 5.91 Å². The van der Waals surface area contributed by atoms with Crippen LogP contribution in [0, 0.1) is 11.3 Å². The Bertz CT molecular complexity index is 980. The van der Waals surface area contributed by atoms with Crippen LogP contribution in [0.1, 0.15) is 42.1 Å². The van der Waals surface area contributed by atoms with Crippen LogP contribution in [0.15, 0.2) is 48.5 Å². The number of nitriles is 1. The number of aromatic amines is 1. The summed E-state index contributed by atoms with van der Waals surface area (Å²) in [5, 5.41) is 9.25. The Kier molecular flexibility index (Phi) is 4.88. The highest BCUT2D eigenvalue weighted by molar-refractivity contribution is 5.84. The minimum Gasteiger partial charge on any atom is -0.342 e. The highest BCUT2D eigenvalue weighted by atomic mass is 16.2. The number of carbonyl (C=O) groups is 1. The Morgan fingerprint density at radius 3 is 2.67 bits per heavy atom. The van der Waals surface area contributed by atoms with Crippen molar-refractivity contribution < 1.29 is 4.79 Å². The van der Waals surface area contributed by atoms with Gasteiger partial charge < -0.3 is 9.88 Å². The number of aromatic nitrogens is 2. The van der Waals surface area contributed by atoms with Crippen molar-refractivity contribution in [1.82, 2.24) is 14.9 Å². The molecular formula is C22H22N4O. The Labute approximate surface area is 158 Å². The molecule has 1 atom stereocenters. The second-order valence-electron chi connectivity index (χ2n) is 7.03. The number of likely N-dealkylation sites (tertiary alicyclic amines) is 1. The molecule has 1 fully saturated rings. The van der Waals surface area contributed by atoms with E-state index in [4.69, 9.17) is 0 Å². The number of amides is 1. The smallest absolute Gasteiger partial charge is 0.230 e. The summed E-state index contributed by atoms with van der Waals surface area (Å²) >= 11 is 0. The summed E-state index contributed by atoms with van der Waals surface area (Å²) in [7, 11) is 0. The third-order valence-corrected chi connectivity index (χ3v) is 5.27. The lowest BCUT2D eigenvalue weighted by atomic mass is 9.92. The highest BCUT2D eigenvalue weighted by Gasteiger charge is 2.27. The predicted octanol–water partition coefficient (Wildman–Crippen LogP) is 3.77. The molecule has 2 aromatic carbocycles. The second kappa shape index (κ2) is 7.63. The zero-order chi connectivity index (χ0) is 18.6. The van der Waals surface area contributed by atoms with Crippen molar-refractivity contribution in [3.05, 3.63) is 65.5 Å². The van der Waals surface area contributed by atoms with Gasteiger partial charge in [0, 0.05) is 19.5 Å². The molecule has 0 aliphatic carbocycles. The first-order valence-electron chi connectivity index (χ1n) is 9.47. The summed E-state index contributed by atoms with van der Waals surface area (Å²) in [6.07, 6.45) is 3.54. The average molecular weight is 358 g/mol. The SMILES string of the molecule is N#Cc1cccc2[nH]c(CC[C@H](C(=O)N3CCCC3)c3ccccc3)nc12. The molecule has 1 aliphatic heterocycles. The maximum absolute atomic E-state index is 13.1. The van der Waals surface area contributed by atoms with E-state index in [2.05, 4.69) is 16.0 Å². The summed E-state index contributed by atoms with van der Waals surface area (Å²) in [5.74, 6) is 0.878. The summed E-state index contributed by atoms with van der Waals surface area (Å²) in [6, 6.07) is 17.8. The maximum Gasteiger partial charge on any atom is 0.230 e. The van der Waals surface area contributed by atoms with Crippen LogP contribution in [0.5, 0.6) is 0 Å². The van der Waals surface area contributed by atoms with Gasteiger partial charge in [0.25, 0.3) is 0 Å². The topological polar surface area (TPSA) is 72.8 Å². The number of carbonyl (C=O) groups excluding carboxylic acids is 1. The summed E-state index contributed by atoms with van der Waals surface area (Å²) in [6.45, 7) is 1.72. The van der Waals surface area contributed by atoms with Crippen molar-refractivity contribution in [1.29, 1.82) is 5.26 Å². The first kappa shape index (κ1) is 17.3. The van der Waals surface area contributed by atoms with E-state index in [1.807, 2.05) is 47.4 Å². The van der Waals surface area contributed by atoms with Gasteiger partial charge in [-0.05, 0) is 37.0 Å². The van der Waals surface area contributed by atoms with E-state index in [-0.39, 0.29) is 11.8 Å². The van der Waals surface area contributed by atoms with Crippen molar-refractivity contribution in [2.24, 2.45) is 0 Å². The zero-order valence-electron chi connectivity index (χ0n) is 15.2. The van der Waals surface area contributed by atoms with Crippen LogP contribution in [-0.2, 0) is 11.2 Å². The number of rotatable bonds is 5. The Morgan fingerprint density at radius 2 is 1.93 bits per heavy atom. The fourth-order valence-corrected chi connectivity index (χ4v) is 3.85. The van der Waals surface area contributed by atoms with Crippen LogP contribution < -0.4 is 0 Å². The van der Waals surface area contributed by atoms with E-state index >= 15 is 0 Å². The van der Waals surface area contributed by atoms with Gasteiger partial charge in [-0.3, -0.25) is 4.79 Å². The van der Waals surface area contributed by atoms with Crippen LogP contribution in [0.2, 0.25) is 0 Å². The fourth-order valence-electron chi connectivity index (χ4n) is 3.85. The number of fused-ring (bicyclic) bond motifs is 1. The lowest BCUT2D eigenvalue weighted by molar-refractivity contribution is -0.131. The van der Waals surface area contributed by atoms with E-state index in [9.17, 15) is 10.1 Å². The minimum absolute atomic E-state index is 0.159. The molecule has 0 unspecified atom stereocenters. The summed E-state index contributed by atoms with van der Waals surface area (Å²) in [5.41, 5.74) is 3.20. The molecule has 1 aliphatic rings. The van der Waals surface area contributed by atoms with Crippen molar-refractivity contribution in [2.45, 2.75) is 31.6 Å². The molecule has 136 valence electrons. The third-order valence-electron chi connectivity index (χ3n) is 5.27. The third kappa shape index (κ3) is 3.56. The number of imidazole rings is 1. The largest absolute Gasteiger partial charge is 0.342 e. The van der Waals surface area contributed by atoms with E-state index in [1.165, 1.54) is 0 Å².